The second-order valence-corrected chi connectivity index (χ2v) is 5.42. The first-order chi connectivity index (χ1) is 9.58. The van der Waals surface area contributed by atoms with Gasteiger partial charge in [0, 0.05) is 25.9 Å². The monoisotopic (exact) mass is 274 g/mol. The molecule has 20 heavy (non-hydrogen) atoms. The number of likely N-dealkylation sites (tertiary alicyclic amines) is 1. The van der Waals surface area contributed by atoms with Crippen molar-refractivity contribution in [2.24, 2.45) is 5.92 Å². The summed E-state index contributed by atoms with van der Waals surface area (Å²) in [5, 5.41) is 3.07. The molecule has 0 aliphatic carbocycles. The molecule has 1 heterocycles. The number of piperidine rings is 1. The number of carbonyl (C=O) groups excluding carboxylic acids is 2. The highest BCUT2D eigenvalue weighted by Crippen LogP contribution is 2.19. The van der Waals surface area contributed by atoms with Crippen LogP contribution in [0.25, 0.3) is 0 Å². The molecule has 108 valence electrons. The standard InChI is InChI=1S/C16H22N2O2/c1-12(14-6-4-3-5-7-14)17-16(20)15-8-10-18(11-9-15)13(2)19/h3-7,12,15H,8-11H2,1-2H3,(H,17,20)/t12-/m1/s1. The van der Waals surface area contributed by atoms with Crippen molar-refractivity contribution in [2.75, 3.05) is 13.1 Å². The maximum absolute atomic E-state index is 12.2. The fourth-order valence-electron chi connectivity index (χ4n) is 2.61. The molecular weight excluding hydrogens is 252 g/mol. The van der Waals surface area contributed by atoms with Gasteiger partial charge < -0.3 is 10.2 Å². The topological polar surface area (TPSA) is 49.4 Å². The Morgan fingerprint density at radius 3 is 2.35 bits per heavy atom. The van der Waals surface area contributed by atoms with Gasteiger partial charge in [-0.1, -0.05) is 30.3 Å². The summed E-state index contributed by atoms with van der Waals surface area (Å²) in [7, 11) is 0. The second-order valence-electron chi connectivity index (χ2n) is 5.42. The zero-order valence-electron chi connectivity index (χ0n) is 12.1. The molecule has 0 unspecified atom stereocenters. The van der Waals surface area contributed by atoms with Gasteiger partial charge in [-0.2, -0.15) is 0 Å². The molecule has 2 rings (SSSR count). The number of rotatable bonds is 3. The van der Waals surface area contributed by atoms with Crippen molar-refractivity contribution < 1.29 is 9.59 Å². The Hall–Kier alpha value is -1.84. The molecule has 1 fully saturated rings. The lowest BCUT2D eigenvalue weighted by Crippen LogP contribution is -2.42. The van der Waals surface area contributed by atoms with Crippen LogP contribution >= 0.6 is 0 Å². The third-order valence-corrected chi connectivity index (χ3v) is 3.97. The molecule has 1 aliphatic heterocycles. The third kappa shape index (κ3) is 3.59. The van der Waals surface area contributed by atoms with E-state index < -0.39 is 0 Å². The number of hydrogen-bond acceptors (Lipinski definition) is 2. The van der Waals surface area contributed by atoms with Crippen LogP contribution in [0.15, 0.2) is 30.3 Å². The number of hydrogen-bond donors (Lipinski definition) is 1. The maximum atomic E-state index is 12.2. The Balaban J connectivity index is 1.85. The van der Waals surface area contributed by atoms with Gasteiger partial charge in [0.15, 0.2) is 0 Å². The quantitative estimate of drug-likeness (QED) is 0.918. The van der Waals surface area contributed by atoms with Gasteiger partial charge in [0.2, 0.25) is 11.8 Å². The van der Waals surface area contributed by atoms with Gasteiger partial charge >= 0.3 is 0 Å². The Morgan fingerprint density at radius 2 is 1.80 bits per heavy atom. The van der Waals surface area contributed by atoms with Gasteiger partial charge in [-0.15, -0.1) is 0 Å². The normalized spacial score (nSPS) is 17.6. The van der Waals surface area contributed by atoms with Gasteiger partial charge in [0.1, 0.15) is 0 Å². The molecular formula is C16H22N2O2. The lowest BCUT2D eigenvalue weighted by atomic mass is 9.95. The zero-order valence-corrected chi connectivity index (χ0v) is 12.1. The van der Waals surface area contributed by atoms with E-state index in [0.717, 1.165) is 18.4 Å². The molecule has 2 amide bonds. The predicted molar refractivity (Wildman–Crippen MR) is 78.0 cm³/mol. The molecule has 1 aromatic rings. The minimum absolute atomic E-state index is 0.0227. The molecule has 0 radical (unpaired) electrons. The van der Waals surface area contributed by atoms with Gasteiger partial charge in [0.05, 0.1) is 6.04 Å². The van der Waals surface area contributed by atoms with Crippen LogP contribution in [0.4, 0.5) is 0 Å². The number of benzene rings is 1. The first-order valence-electron chi connectivity index (χ1n) is 7.18. The summed E-state index contributed by atoms with van der Waals surface area (Å²) in [6, 6.07) is 9.98. The molecule has 0 spiro atoms. The summed E-state index contributed by atoms with van der Waals surface area (Å²) in [5.74, 6) is 0.225. The van der Waals surface area contributed by atoms with Crippen LogP contribution in [-0.2, 0) is 9.59 Å². The maximum Gasteiger partial charge on any atom is 0.223 e. The Bertz CT molecular complexity index is 465. The number of nitrogens with one attached hydrogen (secondary N) is 1. The minimum atomic E-state index is 0.0227. The highest BCUT2D eigenvalue weighted by atomic mass is 16.2. The van der Waals surface area contributed by atoms with Crippen LogP contribution in [0.2, 0.25) is 0 Å². The molecule has 1 aromatic carbocycles. The van der Waals surface area contributed by atoms with Gasteiger partial charge in [-0.3, -0.25) is 9.59 Å². The van der Waals surface area contributed by atoms with Crippen LogP contribution in [0.5, 0.6) is 0 Å². The van der Waals surface area contributed by atoms with Crippen molar-refractivity contribution in [3.63, 3.8) is 0 Å². The number of amides is 2. The smallest absolute Gasteiger partial charge is 0.223 e. The third-order valence-electron chi connectivity index (χ3n) is 3.97. The highest BCUT2D eigenvalue weighted by molar-refractivity contribution is 5.80. The summed E-state index contributed by atoms with van der Waals surface area (Å²) in [6.07, 6.45) is 1.51. The largest absolute Gasteiger partial charge is 0.349 e. The average Bonchev–Trinajstić information content (AvgIpc) is 2.48. The second kappa shape index (κ2) is 6.55. The Morgan fingerprint density at radius 1 is 1.20 bits per heavy atom. The van der Waals surface area contributed by atoms with E-state index in [4.69, 9.17) is 0 Å². The van der Waals surface area contributed by atoms with E-state index in [9.17, 15) is 9.59 Å². The molecule has 1 atom stereocenters. The highest BCUT2D eigenvalue weighted by Gasteiger charge is 2.26. The van der Waals surface area contributed by atoms with Crippen LogP contribution in [0.1, 0.15) is 38.3 Å². The molecule has 0 aromatic heterocycles. The first-order valence-corrected chi connectivity index (χ1v) is 7.18. The summed E-state index contributed by atoms with van der Waals surface area (Å²) >= 11 is 0. The summed E-state index contributed by atoms with van der Waals surface area (Å²) in [5.41, 5.74) is 1.11. The van der Waals surface area contributed by atoms with Crippen LogP contribution in [0.3, 0.4) is 0 Å². The van der Waals surface area contributed by atoms with Crippen molar-refractivity contribution in [1.82, 2.24) is 10.2 Å². The van der Waals surface area contributed by atoms with Crippen LogP contribution in [0, 0.1) is 5.92 Å². The molecule has 1 aliphatic rings. The average molecular weight is 274 g/mol. The molecule has 4 heteroatoms. The molecule has 4 nitrogen and oxygen atoms in total. The Kier molecular flexibility index (Phi) is 4.77. The van der Waals surface area contributed by atoms with Crippen LogP contribution in [-0.4, -0.2) is 29.8 Å². The minimum Gasteiger partial charge on any atom is -0.349 e. The molecule has 1 saturated heterocycles. The van der Waals surface area contributed by atoms with E-state index in [1.807, 2.05) is 42.2 Å². The van der Waals surface area contributed by atoms with Gasteiger partial charge in [-0.05, 0) is 25.3 Å². The van der Waals surface area contributed by atoms with E-state index in [1.54, 1.807) is 6.92 Å². The van der Waals surface area contributed by atoms with Crippen molar-refractivity contribution in [3.8, 4) is 0 Å². The first kappa shape index (κ1) is 14.6. The lowest BCUT2D eigenvalue weighted by molar-refractivity contribution is -0.134. The van der Waals surface area contributed by atoms with E-state index in [2.05, 4.69) is 5.32 Å². The zero-order chi connectivity index (χ0) is 14.5. The van der Waals surface area contributed by atoms with E-state index in [-0.39, 0.29) is 23.8 Å². The SMILES string of the molecule is CC(=O)N1CCC(C(=O)N[C@H](C)c2ccccc2)CC1. The summed E-state index contributed by atoms with van der Waals surface area (Å²) < 4.78 is 0. The summed E-state index contributed by atoms with van der Waals surface area (Å²) in [6.45, 7) is 4.95. The Labute approximate surface area is 120 Å². The molecule has 1 N–H and O–H groups in total. The number of carbonyl (C=O) groups is 2. The summed E-state index contributed by atoms with van der Waals surface area (Å²) in [4.78, 5) is 25.3. The van der Waals surface area contributed by atoms with Crippen molar-refractivity contribution in [2.45, 2.75) is 32.7 Å². The van der Waals surface area contributed by atoms with Crippen molar-refractivity contribution in [3.05, 3.63) is 35.9 Å². The molecule has 0 saturated carbocycles. The van der Waals surface area contributed by atoms with E-state index in [1.165, 1.54) is 0 Å². The fraction of sp³-hybridized carbons (Fsp3) is 0.500. The van der Waals surface area contributed by atoms with Crippen molar-refractivity contribution >= 4 is 11.8 Å². The van der Waals surface area contributed by atoms with Crippen LogP contribution < -0.4 is 5.32 Å². The number of nitrogens with zero attached hydrogens (tertiary/aromatic N) is 1. The van der Waals surface area contributed by atoms with Gasteiger partial charge in [0.25, 0.3) is 0 Å². The lowest BCUT2D eigenvalue weighted by Gasteiger charge is -2.31. The van der Waals surface area contributed by atoms with Gasteiger partial charge in [-0.25, -0.2) is 0 Å². The predicted octanol–water partition coefficient (Wildman–Crippen LogP) is 2.12. The molecule has 0 bridgehead atoms. The fourth-order valence-corrected chi connectivity index (χ4v) is 2.61. The van der Waals surface area contributed by atoms with E-state index >= 15 is 0 Å². The van der Waals surface area contributed by atoms with Crippen molar-refractivity contribution in [1.29, 1.82) is 0 Å². The van der Waals surface area contributed by atoms with E-state index in [0.29, 0.717) is 13.1 Å².